The molecule has 0 radical (unpaired) electrons. The molecule has 0 atom stereocenters. The van der Waals surface area contributed by atoms with Gasteiger partial charge in [0, 0.05) is 12.6 Å². The highest BCUT2D eigenvalue weighted by Gasteiger charge is 2.13. The number of hydrogen-bond donors (Lipinski definition) is 1. The fraction of sp³-hybridized carbons (Fsp3) is 0.455. The van der Waals surface area contributed by atoms with Crippen LogP contribution >= 0.6 is 0 Å². The van der Waals surface area contributed by atoms with E-state index in [1.807, 2.05) is 0 Å². The molecule has 0 bridgehead atoms. The number of nitrogens with zero attached hydrogens (tertiary/aromatic N) is 1. The van der Waals surface area contributed by atoms with Gasteiger partial charge in [0.15, 0.2) is 0 Å². The number of aryl methyl sites for hydroxylation is 1. The topological polar surface area (TPSA) is 85.4 Å². The number of carbonyl (C=O) groups excluding carboxylic acids is 1. The molecule has 100 valence electrons. The molecule has 0 aliphatic heterocycles. The van der Waals surface area contributed by atoms with Crippen molar-refractivity contribution in [1.29, 1.82) is 0 Å². The normalized spacial score (nSPS) is 11.0. The van der Waals surface area contributed by atoms with Gasteiger partial charge in [0.05, 0.1) is 24.7 Å². The van der Waals surface area contributed by atoms with E-state index in [2.05, 4.69) is 14.4 Å². The summed E-state index contributed by atoms with van der Waals surface area (Å²) in [7, 11) is -2.19. The van der Waals surface area contributed by atoms with Crippen LogP contribution in [0.1, 0.15) is 18.4 Å². The lowest BCUT2D eigenvalue weighted by atomic mass is 10.3. The number of hydrogen-bond acceptors (Lipinski definition) is 5. The minimum atomic E-state index is -3.46. The van der Waals surface area contributed by atoms with Crippen LogP contribution in [0.5, 0.6) is 0 Å². The Kier molecular flexibility index (Phi) is 5.08. The molecule has 0 unspecified atom stereocenters. The van der Waals surface area contributed by atoms with Gasteiger partial charge in [0.2, 0.25) is 10.0 Å². The lowest BCUT2D eigenvalue weighted by Crippen LogP contribution is -2.18. The van der Waals surface area contributed by atoms with Gasteiger partial charge < -0.3 is 4.74 Å². The van der Waals surface area contributed by atoms with E-state index in [0.717, 1.165) is 5.56 Å². The minimum absolute atomic E-state index is 0.0867. The summed E-state index contributed by atoms with van der Waals surface area (Å²) >= 11 is 0. The van der Waals surface area contributed by atoms with Gasteiger partial charge in [-0.3, -0.25) is 14.5 Å². The third kappa shape index (κ3) is 4.70. The first-order chi connectivity index (χ1) is 8.44. The Morgan fingerprint density at radius 2 is 2.22 bits per heavy atom. The fourth-order valence-electron chi connectivity index (χ4n) is 1.30. The zero-order valence-electron chi connectivity index (χ0n) is 10.3. The van der Waals surface area contributed by atoms with E-state index in [1.54, 1.807) is 19.2 Å². The molecule has 7 heteroatoms. The van der Waals surface area contributed by atoms with Crippen molar-refractivity contribution in [3.05, 3.63) is 24.0 Å². The van der Waals surface area contributed by atoms with Crippen LogP contribution in [0, 0.1) is 6.92 Å². The van der Waals surface area contributed by atoms with Crippen LogP contribution in [0.25, 0.3) is 0 Å². The monoisotopic (exact) mass is 272 g/mol. The second kappa shape index (κ2) is 6.34. The molecule has 1 heterocycles. The van der Waals surface area contributed by atoms with Gasteiger partial charge in [-0.15, -0.1) is 0 Å². The lowest BCUT2D eigenvalue weighted by molar-refractivity contribution is -0.140. The Balaban J connectivity index is 2.55. The quantitative estimate of drug-likeness (QED) is 0.783. The van der Waals surface area contributed by atoms with E-state index >= 15 is 0 Å². The number of ether oxygens (including phenoxy) is 1. The molecule has 1 aromatic rings. The zero-order valence-corrected chi connectivity index (χ0v) is 11.2. The molecule has 0 amide bonds. The first-order valence-electron chi connectivity index (χ1n) is 5.42. The Labute approximate surface area is 106 Å². The second-order valence-electron chi connectivity index (χ2n) is 3.79. The third-order valence-corrected chi connectivity index (χ3v) is 3.68. The van der Waals surface area contributed by atoms with Gasteiger partial charge in [-0.2, -0.15) is 0 Å². The van der Waals surface area contributed by atoms with Crippen LogP contribution in [0.4, 0.5) is 5.69 Å². The molecule has 0 aromatic carbocycles. The van der Waals surface area contributed by atoms with Gasteiger partial charge in [-0.05, 0) is 25.0 Å². The van der Waals surface area contributed by atoms with E-state index < -0.39 is 16.0 Å². The maximum atomic E-state index is 11.7. The lowest BCUT2D eigenvalue weighted by Gasteiger charge is -2.09. The molecule has 0 fully saturated rings. The van der Waals surface area contributed by atoms with Gasteiger partial charge in [-0.25, -0.2) is 8.42 Å². The molecule has 6 nitrogen and oxygen atoms in total. The second-order valence-corrected chi connectivity index (χ2v) is 5.63. The van der Waals surface area contributed by atoms with Crippen molar-refractivity contribution in [2.24, 2.45) is 0 Å². The summed E-state index contributed by atoms with van der Waals surface area (Å²) in [4.78, 5) is 14.7. The van der Waals surface area contributed by atoms with E-state index in [-0.39, 0.29) is 18.6 Å². The van der Waals surface area contributed by atoms with Gasteiger partial charge >= 0.3 is 5.97 Å². The predicted molar refractivity (Wildman–Crippen MR) is 67.6 cm³/mol. The van der Waals surface area contributed by atoms with Crippen molar-refractivity contribution in [2.45, 2.75) is 19.8 Å². The summed E-state index contributed by atoms with van der Waals surface area (Å²) < 4.78 is 30.3. The SMILES string of the molecule is COC(=O)CCCS(=O)(=O)Nc1cnccc1C. The van der Waals surface area contributed by atoms with Crippen LogP contribution in [0.2, 0.25) is 0 Å². The predicted octanol–water partition coefficient (Wildman–Crippen LogP) is 1.08. The molecule has 0 aliphatic carbocycles. The Hall–Kier alpha value is -1.63. The van der Waals surface area contributed by atoms with E-state index in [1.165, 1.54) is 13.3 Å². The van der Waals surface area contributed by atoms with Crippen LogP contribution < -0.4 is 4.72 Å². The summed E-state index contributed by atoms with van der Waals surface area (Å²) in [6.07, 6.45) is 3.35. The summed E-state index contributed by atoms with van der Waals surface area (Å²) in [5.41, 5.74) is 1.25. The number of nitrogens with one attached hydrogen (secondary N) is 1. The highest BCUT2D eigenvalue weighted by molar-refractivity contribution is 7.92. The molecular weight excluding hydrogens is 256 g/mol. The largest absolute Gasteiger partial charge is 0.469 e. The van der Waals surface area contributed by atoms with E-state index in [9.17, 15) is 13.2 Å². The molecule has 0 aliphatic rings. The Bertz CT molecular complexity index is 514. The smallest absolute Gasteiger partial charge is 0.305 e. The van der Waals surface area contributed by atoms with Crippen molar-refractivity contribution in [3.8, 4) is 0 Å². The number of anilines is 1. The van der Waals surface area contributed by atoms with Gasteiger partial charge in [-0.1, -0.05) is 0 Å². The Morgan fingerprint density at radius 1 is 1.50 bits per heavy atom. The molecule has 1 N–H and O–H groups in total. The number of rotatable bonds is 6. The van der Waals surface area contributed by atoms with E-state index in [0.29, 0.717) is 5.69 Å². The van der Waals surface area contributed by atoms with Crippen molar-refractivity contribution in [2.75, 3.05) is 17.6 Å². The summed E-state index contributed by atoms with van der Waals surface area (Å²) in [6.45, 7) is 1.79. The summed E-state index contributed by atoms with van der Waals surface area (Å²) in [5.74, 6) is -0.543. The molecular formula is C11H16N2O4S. The van der Waals surface area contributed by atoms with Crippen LogP contribution in [-0.4, -0.2) is 32.2 Å². The average molecular weight is 272 g/mol. The van der Waals surface area contributed by atoms with Crippen molar-refractivity contribution < 1.29 is 17.9 Å². The number of esters is 1. The molecule has 0 saturated carbocycles. The number of carbonyl (C=O) groups is 1. The third-order valence-electron chi connectivity index (χ3n) is 2.33. The number of methoxy groups -OCH3 is 1. The molecule has 0 spiro atoms. The van der Waals surface area contributed by atoms with Crippen LogP contribution in [0.3, 0.4) is 0 Å². The number of aromatic nitrogens is 1. The van der Waals surface area contributed by atoms with E-state index in [4.69, 9.17) is 0 Å². The van der Waals surface area contributed by atoms with Crippen LogP contribution in [0.15, 0.2) is 18.5 Å². The maximum absolute atomic E-state index is 11.7. The van der Waals surface area contributed by atoms with Crippen molar-refractivity contribution in [1.82, 2.24) is 4.98 Å². The standard InChI is InChI=1S/C11H16N2O4S/c1-9-5-6-12-8-10(9)13-18(15,16)7-3-4-11(14)17-2/h5-6,8,13H,3-4,7H2,1-2H3. The summed E-state index contributed by atoms with van der Waals surface area (Å²) in [5, 5.41) is 0. The van der Waals surface area contributed by atoms with Gasteiger partial charge in [0.25, 0.3) is 0 Å². The van der Waals surface area contributed by atoms with Crippen molar-refractivity contribution in [3.63, 3.8) is 0 Å². The van der Waals surface area contributed by atoms with Gasteiger partial charge in [0.1, 0.15) is 0 Å². The summed E-state index contributed by atoms with van der Waals surface area (Å²) in [6, 6.07) is 1.71. The first kappa shape index (κ1) is 14.4. The highest BCUT2D eigenvalue weighted by Crippen LogP contribution is 2.13. The molecule has 18 heavy (non-hydrogen) atoms. The van der Waals surface area contributed by atoms with Crippen LogP contribution in [-0.2, 0) is 19.6 Å². The number of pyridine rings is 1. The zero-order chi connectivity index (χ0) is 13.6. The highest BCUT2D eigenvalue weighted by atomic mass is 32.2. The maximum Gasteiger partial charge on any atom is 0.305 e. The molecule has 1 rings (SSSR count). The minimum Gasteiger partial charge on any atom is -0.469 e. The molecule has 1 aromatic heterocycles. The molecule has 0 saturated heterocycles. The first-order valence-corrected chi connectivity index (χ1v) is 7.08. The number of sulfonamides is 1. The Morgan fingerprint density at radius 3 is 2.83 bits per heavy atom. The van der Waals surface area contributed by atoms with Crippen molar-refractivity contribution >= 4 is 21.7 Å². The average Bonchev–Trinajstić information content (AvgIpc) is 2.31. The fourth-order valence-corrected chi connectivity index (χ4v) is 2.47.